The van der Waals surface area contributed by atoms with E-state index >= 15 is 0 Å². The monoisotopic (exact) mass is 270 g/mol. The number of carbonyl (C=O) groups excluding carboxylic acids is 1. The zero-order valence-corrected chi connectivity index (χ0v) is 11.6. The van der Waals surface area contributed by atoms with Gasteiger partial charge in [-0.25, -0.2) is 4.98 Å². The summed E-state index contributed by atoms with van der Waals surface area (Å²) in [6, 6.07) is 9.39. The van der Waals surface area contributed by atoms with E-state index in [1.165, 1.54) is 0 Å². The highest BCUT2D eigenvalue weighted by atomic mass is 16.1. The molecule has 5 nitrogen and oxygen atoms in total. The van der Waals surface area contributed by atoms with Crippen LogP contribution in [0.25, 0.3) is 0 Å². The van der Waals surface area contributed by atoms with Crippen molar-refractivity contribution in [1.29, 1.82) is 0 Å². The van der Waals surface area contributed by atoms with Crippen LogP contribution in [0, 0.1) is 0 Å². The normalized spacial score (nSPS) is 10.3. The van der Waals surface area contributed by atoms with Crippen LogP contribution < -0.4 is 10.6 Å². The van der Waals surface area contributed by atoms with Gasteiger partial charge < -0.3 is 10.6 Å². The fourth-order valence-electron chi connectivity index (χ4n) is 1.71. The van der Waals surface area contributed by atoms with Crippen LogP contribution in [0.3, 0.4) is 0 Å². The first-order valence-electron chi connectivity index (χ1n) is 6.56. The van der Waals surface area contributed by atoms with Gasteiger partial charge in [-0.15, -0.1) is 0 Å². The molecule has 2 aromatic rings. The number of pyridine rings is 2. The molecule has 0 aromatic carbocycles. The Hall–Kier alpha value is -2.43. The van der Waals surface area contributed by atoms with Gasteiger partial charge in [0.2, 0.25) is 0 Å². The van der Waals surface area contributed by atoms with E-state index in [4.69, 9.17) is 0 Å². The maximum atomic E-state index is 12.0. The van der Waals surface area contributed by atoms with Crippen LogP contribution in [0.4, 0.5) is 5.82 Å². The van der Waals surface area contributed by atoms with Crippen LogP contribution in [0.1, 0.15) is 29.9 Å². The second-order valence-corrected chi connectivity index (χ2v) is 4.75. The lowest BCUT2D eigenvalue weighted by Gasteiger charge is -2.10. The molecule has 0 saturated heterocycles. The summed E-state index contributed by atoms with van der Waals surface area (Å²) in [5.41, 5.74) is 1.36. The average molecular weight is 270 g/mol. The van der Waals surface area contributed by atoms with E-state index in [2.05, 4.69) is 20.6 Å². The van der Waals surface area contributed by atoms with Gasteiger partial charge >= 0.3 is 0 Å². The predicted octanol–water partition coefficient (Wildman–Crippen LogP) is 2.23. The van der Waals surface area contributed by atoms with Crippen molar-refractivity contribution in [3.8, 4) is 0 Å². The lowest BCUT2D eigenvalue weighted by molar-refractivity contribution is 0.0946. The highest BCUT2D eigenvalue weighted by Gasteiger charge is 2.08. The lowest BCUT2D eigenvalue weighted by atomic mass is 10.2. The van der Waals surface area contributed by atoms with E-state index in [1.54, 1.807) is 18.5 Å². The van der Waals surface area contributed by atoms with Crippen molar-refractivity contribution >= 4 is 11.7 Å². The number of carbonyl (C=O) groups is 1. The van der Waals surface area contributed by atoms with Crippen LogP contribution in [-0.4, -0.2) is 21.9 Å². The minimum atomic E-state index is -0.193. The van der Waals surface area contributed by atoms with Crippen LogP contribution in [0.2, 0.25) is 0 Å². The first kappa shape index (κ1) is 14.0. The SMILES string of the molecule is CC(C)Nc1cccc(C(=O)NCc2cccnc2)n1. The Balaban J connectivity index is 1.98. The average Bonchev–Trinajstić information content (AvgIpc) is 2.45. The standard InChI is InChI=1S/C15H18N4O/c1-11(2)18-14-7-3-6-13(19-14)15(20)17-10-12-5-4-8-16-9-12/h3-9,11H,10H2,1-2H3,(H,17,20)(H,18,19). The third-order valence-corrected chi connectivity index (χ3v) is 2.59. The number of rotatable bonds is 5. The predicted molar refractivity (Wildman–Crippen MR) is 78.4 cm³/mol. The molecule has 0 fully saturated rings. The number of nitrogens with zero attached hydrogens (tertiary/aromatic N) is 2. The van der Waals surface area contributed by atoms with Crippen molar-refractivity contribution < 1.29 is 4.79 Å². The van der Waals surface area contributed by atoms with E-state index in [9.17, 15) is 4.79 Å². The van der Waals surface area contributed by atoms with E-state index < -0.39 is 0 Å². The number of hydrogen-bond acceptors (Lipinski definition) is 4. The molecule has 20 heavy (non-hydrogen) atoms. The molecule has 0 spiro atoms. The Kier molecular flexibility index (Phi) is 4.65. The first-order valence-corrected chi connectivity index (χ1v) is 6.56. The molecule has 0 bridgehead atoms. The van der Waals surface area contributed by atoms with E-state index in [-0.39, 0.29) is 11.9 Å². The summed E-state index contributed by atoms with van der Waals surface area (Å²) in [6.07, 6.45) is 3.43. The number of aromatic nitrogens is 2. The summed E-state index contributed by atoms with van der Waals surface area (Å²) in [5.74, 6) is 0.510. The molecule has 1 amide bonds. The zero-order valence-electron chi connectivity index (χ0n) is 11.6. The fraction of sp³-hybridized carbons (Fsp3) is 0.267. The van der Waals surface area contributed by atoms with E-state index in [0.29, 0.717) is 18.1 Å². The third-order valence-electron chi connectivity index (χ3n) is 2.59. The molecule has 5 heteroatoms. The van der Waals surface area contributed by atoms with Gasteiger partial charge in [0.15, 0.2) is 0 Å². The lowest BCUT2D eigenvalue weighted by Crippen LogP contribution is -2.24. The number of nitrogens with one attached hydrogen (secondary N) is 2. The highest BCUT2D eigenvalue weighted by Crippen LogP contribution is 2.06. The first-order chi connectivity index (χ1) is 9.65. The van der Waals surface area contributed by atoms with Gasteiger partial charge in [0, 0.05) is 25.0 Å². The van der Waals surface area contributed by atoms with Crippen LogP contribution in [0.5, 0.6) is 0 Å². The molecule has 0 saturated carbocycles. The van der Waals surface area contributed by atoms with Crippen molar-refractivity contribution in [2.24, 2.45) is 0 Å². The smallest absolute Gasteiger partial charge is 0.270 e. The van der Waals surface area contributed by atoms with Gasteiger partial charge in [0.1, 0.15) is 11.5 Å². The second kappa shape index (κ2) is 6.65. The molecule has 0 aliphatic carbocycles. The molecule has 104 valence electrons. The van der Waals surface area contributed by atoms with Crippen molar-refractivity contribution in [2.75, 3.05) is 5.32 Å². The largest absolute Gasteiger partial charge is 0.368 e. The molecule has 2 aromatic heterocycles. The fourth-order valence-corrected chi connectivity index (χ4v) is 1.71. The van der Waals surface area contributed by atoms with Crippen molar-refractivity contribution in [3.05, 3.63) is 54.0 Å². The molecule has 0 aliphatic heterocycles. The Morgan fingerprint density at radius 2 is 2.10 bits per heavy atom. The van der Waals surface area contributed by atoms with E-state index in [0.717, 1.165) is 5.56 Å². The van der Waals surface area contributed by atoms with Gasteiger partial charge in [-0.3, -0.25) is 9.78 Å². The summed E-state index contributed by atoms with van der Waals surface area (Å²) < 4.78 is 0. The Morgan fingerprint density at radius 3 is 2.80 bits per heavy atom. The maximum absolute atomic E-state index is 12.0. The summed E-state index contributed by atoms with van der Waals surface area (Å²) in [4.78, 5) is 20.3. The summed E-state index contributed by atoms with van der Waals surface area (Å²) >= 11 is 0. The third kappa shape index (κ3) is 4.05. The van der Waals surface area contributed by atoms with Crippen molar-refractivity contribution in [1.82, 2.24) is 15.3 Å². The summed E-state index contributed by atoms with van der Waals surface area (Å²) in [5, 5.41) is 6.00. The molecular formula is C15H18N4O. The van der Waals surface area contributed by atoms with Gasteiger partial charge in [-0.05, 0) is 37.6 Å². The zero-order chi connectivity index (χ0) is 14.4. The van der Waals surface area contributed by atoms with Gasteiger partial charge in [-0.1, -0.05) is 12.1 Å². The summed E-state index contributed by atoms with van der Waals surface area (Å²) in [7, 11) is 0. The quantitative estimate of drug-likeness (QED) is 0.874. The minimum absolute atomic E-state index is 0.193. The van der Waals surface area contributed by atoms with Crippen LogP contribution in [-0.2, 0) is 6.54 Å². The topological polar surface area (TPSA) is 66.9 Å². The number of amides is 1. The summed E-state index contributed by atoms with van der Waals surface area (Å²) in [6.45, 7) is 4.49. The molecule has 2 heterocycles. The van der Waals surface area contributed by atoms with Crippen LogP contribution in [0.15, 0.2) is 42.7 Å². The Bertz CT molecular complexity index is 569. The van der Waals surface area contributed by atoms with Gasteiger partial charge in [0.25, 0.3) is 5.91 Å². The van der Waals surface area contributed by atoms with Crippen LogP contribution >= 0.6 is 0 Å². The molecule has 2 rings (SSSR count). The maximum Gasteiger partial charge on any atom is 0.270 e. The Morgan fingerprint density at radius 1 is 1.25 bits per heavy atom. The molecular weight excluding hydrogens is 252 g/mol. The molecule has 2 N–H and O–H groups in total. The minimum Gasteiger partial charge on any atom is -0.368 e. The number of anilines is 1. The van der Waals surface area contributed by atoms with E-state index in [1.807, 2.05) is 38.1 Å². The highest BCUT2D eigenvalue weighted by molar-refractivity contribution is 5.92. The molecule has 0 radical (unpaired) electrons. The van der Waals surface area contributed by atoms with Crippen molar-refractivity contribution in [3.63, 3.8) is 0 Å². The molecule has 0 atom stereocenters. The molecule has 0 aliphatic rings. The second-order valence-electron chi connectivity index (χ2n) is 4.75. The number of hydrogen-bond donors (Lipinski definition) is 2. The Labute approximate surface area is 118 Å². The van der Waals surface area contributed by atoms with Gasteiger partial charge in [-0.2, -0.15) is 0 Å². The van der Waals surface area contributed by atoms with Gasteiger partial charge in [0.05, 0.1) is 0 Å². The van der Waals surface area contributed by atoms with Crippen molar-refractivity contribution in [2.45, 2.75) is 26.4 Å². The molecule has 0 unspecified atom stereocenters.